The van der Waals surface area contributed by atoms with E-state index in [1.807, 2.05) is 0 Å². The number of anilines is 1. The smallest absolute Gasteiger partial charge is 0.337 e. The van der Waals surface area contributed by atoms with Crippen LogP contribution in [0.1, 0.15) is 23.2 Å². The molecular formula is C21H24N2O6S. The van der Waals surface area contributed by atoms with E-state index in [0.29, 0.717) is 36.4 Å². The Morgan fingerprint density at radius 1 is 1.10 bits per heavy atom. The number of ether oxygens (including phenoxy) is 2. The molecule has 1 fully saturated rings. The fourth-order valence-electron chi connectivity index (χ4n) is 3.36. The van der Waals surface area contributed by atoms with Crippen molar-refractivity contribution in [1.82, 2.24) is 4.31 Å². The highest BCUT2D eigenvalue weighted by Gasteiger charge is 2.33. The molecule has 9 heteroatoms. The minimum Gasteiger partial charge on any atom is -0.497 e. The van der Waals surface area contributed by atoms with E-state index in [1.54, 1.807) is 30.3 Å². The van der Waals surface area contributed by atoms with Gasteiger partial charge in [-0.25, -0.2) is 13.2 Å². The Hall–Kier alpha value is -2.91. The molecular weight excluding hydrogens is 408 g/mol. The maximum Gasteiger partial charge on any atom is 0.337 e. The molecule has 0 spiro atoms. The first-order valence-electron chi connectivity index (χ1n) is 9.48. The Morgan fingerprint density at radius 3 is 2.50 bits per heavy atom. The van der Waals surface area contributed by atoms with Crippen molar-refractivity contribution in [2.24, 2.45) is 5.92 Å². The molecule has 0 aliphatic carbocycles. The van der Waals surface area contributed by atoms with Crippen molar-refractivity contribution in [3.05, 3.63) is 54.1 Å². The van der Waals surface area contributed by atoms with E-state index in [9.17, 15) is 18.0 Å². The lowest BCUT2D eigenvalue weighted by Gasteiger charge is -2.31. The van der Waals surface area contributed by atoms with Crippen LogP contribution in [0.25, 0.3) is 0 Å². The summed E-state index contributed by atoms with van der Waals surface area (Å²) in [5.41, 5.74) is 0.778. The van der Waals surface area contributed by atoms with E-state index in [1.165, 1.54) is 36.7 Å². The minimum absolute atomic E-state index is 0.0941. The third-order valence-electron chi connectivity index (χ3n) is 5.00. The van der Waals surface area contributed by atoms with E-state index in [4.69, 9.17) is 4.74 Å². The monoisotopic (exact) mass is 432 g/mol. The number of benzene rings is 2. The molecule has 1 N–H and O–H groups in total. The Balaban J connectivity index is 1.70. The summed E-state index contributed by atoms with van der Waals surface area (Å²) in [6.45, 7) is 0.451. The molecule has 30 heavy (non-hydrogen) atoms. The van der Waals surface area contributed by atoms with Gasteiger partial charge >= 0.3 is 5.97 Å². The summed E-state index contributed by atoms with van der Waals surface area (Å²) < 4.78 is 37.0. The predicted molar refractivity (Wildman–Crippen MR) is 111 cm³/mol. The quantitative estimate of drug-likeness (QED) is 0.704. The fraction of sp³-hybridized carbons (Fsp3) is 0.333. The number of esters is 1. The van der Waals surface area contributed by atoms with Crippen LogP contribution in [-0.4, -0.2) is 51.9 Å². The lowest BCUT2D eigenvalue weighted by molar-refractivity contribution is -0.120. The second kappa shape index (κ2) is 9.27. The predicted octanol–water partition coefficient (Wildman–Crippen LogP) is 2.52. The molecule has 1 atom stereocenters. The molecule has 1 aliphatic heterocycles. The van der Waals surface area contributed by atoms with Crippen LogP contribution in [-0.2, 0) is 19.6 Å². The van der Waals surface area contributed by atoms with E-state index < -0.39 is 21.9 Å². The van der Waals surface area contributed by atoms with Gasteiger partial charge in [0, 0.05) is 18.8 Å². The zero-order valence-corrected chi connectivity index (χ0v) is 17.6. The highest BCUT2D eigenvalue weighted by atomic mass is 32.2. The van der Waals surface area contributed by atoms with Crippen LogP contribution >= 0.6 is 0 Å². The first kappa shape index (κ1) is 21.8. The first-order chi connectivity index (χ1) is 14.3. The summed E-state index contributed by atoms with van der Waals surface area (Å²) in [4.78, 5) is 24.6. The molecule has 0 unspecified atom stereocenters. The average molecular weight is 432 g/mol. The normalized spacial score (nSPS) is 17.2. The first-order valence-corrected chi connectivity index (χ1v) is 10.9. The van der Waals surface area contributed by atoms with Crippen molar-refractivity contribution in [3.8, 4) is 5.75 Å². The number of nitrogens with one attached hydrogen (secondary N) is 1. The molecule has 2 aromatic rings. The topological polar surface area (TPSA) is 102 Å². The fourth-order valence-corrected chi connectivity index (χ4v) is 4.88. The Labute approximate surface area is 175 Å². The Bertz CT molecular complexity index is 1020. The summed E-state index contributed by atoms with van der Waals surface area (Å²) in [7, 11) is -0.914. The van der Waals surface area contributed by atoms with Crippen LogP contribution in [0.5, 0.6) is 5.75 Å². The van der Waals surface area contributed by atoms with Gasteiger partial charge in [0.1, 0.15) is 5.75 Å². The van der Waals surface area contributed by atoms with E-state index in [2.05, 4.69) is 10.1 Å². The molecule has 1 heterocycles. The van der Waals surface area contributed by atoms with Gasteiger partial charge in [0.15, 0.2) is 0 Å². The van der Waals surface area contributed by atoms with Gasteiger partial charge in [-0.05, 0) is 55.3 Å². The third-order valence-corrected chi connectivity index (χ3v) is 6.88. The van der Waals surface area contributed by atoms with Crippen molar-refractivity contribution < 1.29 is 27.5 Å². The summed E-state index contributed by atoms with van der Waals surface area (Å²) in [5, 5.41) is 2.77. The number of methoxy groups -OCH3 is 2. The highest BCUT2D eigenvalue weighted by Crippen LogP contribution is 2.26. The number of carbonyl (C=O) groups is 2. The van der Waals surface area contributed by atoms with Crippen LogP contribution in [0, 0.1) is 5.92 Å². The molecule has 160 valence electrons. The van der Waals surface area contributed by atoms with Gasteiger partial charge in [0.05, 0.1) is 30.6 Å². The lowest BCUT2D eigenvalue weighted by Crippen LogP contribution is -2.43. The minimum atomic E-state index is -3.71. The van der Waals surface area contributed by atoms with Crippen LogP contribution in [0.3, 0.4) is 0 Å². The van der Waals surface area contributed by atoms with Gasteiger partial charge in [-0.1, -0.05) is 6.07 Å². The van der Waals surface area contributed by atoms with Crippen LogP contribution in [0.15, 0.2) is 53.4 Å². The standard InChI is InChI=1S/C21H24N2O6S/c1-28-18-8-10-19(11-9-18)30(26,27)23-12-4-6-16(14-23)20(24)22-17-7-3-5-15(13-17)21(25)29-2/h3,5,7-11,13,16H,4,6,12,14H2,1-2H3,(H,22,24)/t16-/m0/s1. The molecule has 3 rings (SSSR count). The SMILES string of the molecule is COC(=O)c1cccc(NC(=O)[C@H]2CCCN(S(=O)(=O)c3ccc(OC)cc3)C2)c1. The molecule has 8 nitrogen and oxygen atoms in total. The van der Waals surface area contributed by atoms with Gasteiger partial charge in [-0.15, -0.1) is 0 Å². The van der Waals surface area contributed by atoms with Crippen LogP contribution in [0.4, 0.5) is 5.69 Å². The largest absolute Gasteiger partial charge is 0.497 e. The number of hydrogen-bond donors (Lipinski definition) is 1. The van der Waals surface area contributed by atoms with Crippen molar-refractivity contribution in [1.29, 1.82) is 0 Å². The molecule has 0 radical (unpaired) electrons. The second-order valence-electron chi connectivity index (χ2n) is 6.94. The summed E-state index contributed by atoms with van der Waals surface area (Å²) in [5.74, 6) is -0.709. The summed E-state index contributed by atoms with van der Waals surface area (Å²) in [6, 6.07) is 12.6. The van der Waals surface area contributed by atoms with Crippen LogP contribution < -0.4 is 10.1 Å². The van der Waals surface area contributed by atoms with Gasteiger partial charge in [-0.3, -0.25) is 4.79 Å². The maximum atomic E-state index is 13.0. The van der Waals surface area contributed by atoms with E-state index >= 15 is 0 Å². The van der Waals surface area contributed by atoms with Gasteiger partial charge in [0.25, 0.3) is 0 Å². The zero-order valence-electron chi connectivity index (χ0n) is 16.8. The molecule has 2 aromatic carbocycles. The number of rotatable bonds is 6. The van der Waals surface area contributed by atoms with E-state index in [0.717, 1.165) is 0 Å². The number of piperidine rings is 1. The van der Waals surface area contributed by atoms with Crippen molar-refractivity contribution in [2.75, 3.05) is 32.6 Å². The summed E-state index contributed by atoms with van der Waals surface area (Å²) in [6.07, 6.45) is 1.16. The zero-order chi connectivity index (χ0) is 21.7. The van der Waals surface area contributed by atoms with Crippen molar-refractivity contribution in [2.45, 2.75) is 17.7 Å². The number of sulfonamides is 1. The molecule has 1 amide bonds. The van der Waals surface area contributed by atoms with Gasteiger partial charge in [0.2, 0.25) is 15.9 Å². The Morgan fingerprint density at radius 2 is 1.83 bits per heavy atom. The molecule has 0 bridgehead atoms. The van der Waals surface area contributed by atoms with Crippen molar-refractivity contribution >= 4 is 27.6 Å². The highest BCUT2D eigenvalue weighted by molar-refractivity contribution is 7.89. The third kappa shape index (κ3) is 4.80. The van der Waals surface area contributed by atoms with Crippen LogP contribution in [0.2, 0.25) is 0 Å². The average Bonchev–Trinajstić information content (AvgIpc) is 2.78. The van der Waals surface area contributed by atoms with Gasteiger partial charge in [-0.2, -0.15) is 4.31 Å². The number of amides is 1. The van der Waals surface area contributed by atoms with Gasteiger partial charge < -0.3 is 14.8 Å². The van der Waals surface area contributed by atoms with E-state index in [-0.39, 0.29) is 17.3 Å². The second-order valence-corrected chi connectivity index (χ2v) is 8.88. The number of nitrogens with zero attached hydrogens (tertiary/aromatic N) is 1. The Kier molecular flexibility index (Phi) is 6.73. The summed E-state index contributed by atoms with van der Waals surface area (Å²) >= 11 is 0. The maximum absolute atomic E-state index is 13.0. The molecule has 1 aliphatic rings. The number of carbonyl (C=O) groups excluding carboxylic acids is 2. The van der Waals surface area contributed by atoms with Crippen molar-refractivity contribution in [3.63, 3.8) is 0 Å². The molecule has 0 saturated carbocycles. The lowest BCUT2D eigenvalue weighted by atomic mass is 9.98. The molecule has 0 aromatic heterocycles. The molecule has 1 saturated heterocycles. The number of hydrogen-bond acceptors (Lipinski definition) is 6.